The zero-order chi connectivity index (χ0) is 9.31. The second-order valence-electron chi connectivity index (χ2n) is 4.01. The summed E-state index contributed by atoms with van der Waals surface area (Å²) >= 11 is 2.06. The Hall–Kier alpha value is -0.500. The van der Waals surface area contributed by atoms with E-state index < -0.39 is 0 Å². The van der Waals surface area contributed by atoms with Crippen LogP contribution in [0.2, 0.25) is 0 Å². The molecule has 1 atom stereocenters. The molecule has 0 aromatic carbocycles. The van der Waals surface area contributed by atoms with Gasteiger partial charge in [0.2, 0.25) is 0 Å². The van der Waals surface area contributed by atoms with Crippen LogP contribution in [0.1, 0.15) is 26.7 Å². The molecule has 0 aromatic rings. The lowest BCUT2D eigenvalue weighted by atomic mass is 9.99. The van der Waals surface area contributed by atoms with Crippen LogP contribution in [-0.4, -0.2) is 16.7 Å². The predicted molar refractivity (Wildman–Crippen MR) is 60.4 cm³/mol. The first-order valence-corrected chi connectivity index (χ1v) is 5.70. The third-order valence-corrected chi connectivity index (χ3v) is 4.01. The topological polar surface area (TPSA) is 12.4 Å². The molecule has 1 nitrogen and oxygen atoms in total. The third kappa shape index (κ3) is 2.25. The van der Waals surface area contributed by atoms with Gasteiger partial charge in [-0.25, -0.2) is 0 Å². The summed E-state index contributed by atoms with van der Waals surface area (Å²) in [7, 11) is 0. The van der Waals surface area contributed by atoms with Gasteiger partial charge < -0.3 is 0 Å². The minimum absolute atomic E-state index is 0.532. The molecule has 2 heteroatoms. The molecule has 1 saturated heterocycles. The monoisotopic (exact) mass is 193 g/mol. The lowest BCUT2D eigenvalue weighted by Gasteiger charge is -2.10. The third-order valence-electron chi connectivity index (χ3n) is 2.59. The number of rotatable bonds is 2. The molecule has 0 aromatic heterocycles. The largest absolute Gasteiger partial charge is 0.262 e. The molecule has 1 fully saturated rings. The normalized spacial score (nSPS) is 32.2. The van der Waals surface area contributed by atoms with Crippen LogP contribution < -0.4 is 0 Å². The molecule has 0 aliphatic carbocycles. The first-order valence-electron chi connectivity index (χ1n) is 4.71. The Morgan fingerprint density at radius 2 is 2.38 bits per heavy atom. The average Bonchev–Trinajstić information content (AvgIpc) is 2.82. The van der Waals surface area contributed by atoms with E-state index in [1.54, 1.807) is 0 Å². The Balaban J connectivity index is 2.11. The Labute approximate surface area is 84.0 Å². The fourth-order valence-electron chi connectivity index (χ4n) is 1.54. The summed E-state index contributed by atoms with van der Waals surface area (Å²) in [5, 5.41) is 0. The van der Waals surface area contributed by atoms with E-state index in [1.165, 1.54) is 23.4 Å². The number of nitrogens with zero attached hydrogens (tertiary/aromatic N) is 1. The van der Waals surface area contributed by atoms with Crippen molar-refractivity contribution in [1.82, 2.24) is 0 Å². The summed E-state index contributed by atoms with van der Waals surface area (Å²) in [5.41, 5.74) is 2.73. The SMILES string of the molecule is CC1=C(CC2(C)CS2)CC=CC=N1. The van der Waals surface area contributed by atoms with E-state index in [0.717, 1.165) is 6.42 Å². The summed E-state index contributed by atoms with van der Waals surface area (Å²) < 4.78 is 0.532. The number of hydrogen-bond acceptors (Lipinski definition) is 2. The van der Waals surface area contributed by atoms with Crippen LogP contribution in [-0.2, 0) is 0 Å². The summed E-state index contributed by atoms with van der Waals surface area (Å²) in [5.74, 6) is 1.32. The highest BCUT2D eigenvalue weighted by Gasteiger charge is 2.39. The van der Waals surface area contributed by atoms with Crippen molar-refractivity contribution in [2.24, 2.45) is 4.99 Å². The van der Waals surface area contributed by atoms with Crippen molar-refractivity contribution in [2.45, 2.75) is 31.4 Å². The van der Waals surface area contributed by atoms with E-state index >= 15 is 0 Å². The molecule has 0 spiro atoms. The zero-order valence-electron chi connectivity index (χ0n) is 8.21. The van der Waals surface area contributed by atoms with Gasteiger partial charge in [-0.15, -0.1) is 0 Å². The molecule has 13 heavy (non-hydrogen) atoms. The number of aliphatic imine (C=N–C) groups is 1. The van der Waals surface area contributed by atoms with Crippen LogP contribution in [0.25, 0.3) is 0 Å². The Kier molecular flexibility index (Phi) is 2.33. The molecular weight excluding hydrogens is 178 g/mol. The van der Waals surface area contributed by atoms with Crippen LogP contribution in [0.4, 0.5) is 0 Å². The van der Waals surface area contributed by atoms with Crippen LogP contribution in [0.15, 0.2) is 28.4 Å². The van der Waals surface area contributed by atoms with E-state index in [-0.39, 0.29) is 0 Å². The van der Waals surface area contributed by atoms with Gasteiger partial charge in [-0.3, -0.25) is 4.99 Å². The second-order valence-corrected chi connectivity index (χ2v) is 5.58. The standard InChI is InChI=1S/C11H15NS/c1-9-10(5-3-4-6-12-9)7-11(2)8-13-11/h3-4,6H,5,7-8H2,1-2H3. The zero-order valence-corrected chi connectivity index (χ0v) is 9.03. The van der Waals surface area contributed by atoms with Crippen molar-refractivity contribution in [1.29, 1.82) is 0 Å². The second kappa shape index (κ2) is 3.33. The fourth-order valence-corrected chi connectivity index (χ4v) is 2.17. The molecule has 2 rings (SSSR count). The summed E-state index contributed by atoms with van der Waals surface area (Å²) in [6.07, 6.45) is 8.43. The maximum Gasteiger partial charge on any atom is 0.0368 e. The minimum atomic E-state index is 0.532. The Morgan fingerprint density at radius 1 is 1.62 bits per heavy atom. The van der Waals surface area contributed by atoms with Crippen molar-refractivity contribution in [2.75, 3.05) is 5.75 Å². The smallest absolute Gasteiger partial charge is 0.0368 e. The molecule has 1 unspecified atom stereocenters. The van der Waals surface area contributed by atoms with Gasteiger partial charge >= 0.3 is 0 Å². The van der Waals surface area contributed by atoms with Gasteiger partial charge in [0.05, 0.1) is 0 Å². The van der Waals surface area contributed by atoms with Gasteiger partial charge in [0, 0.05) is 22.4 Å². The van der Waals surface area contributed by atoms with Crippen molar-refractivity contribution in [3.63, 3.8) is 0 Å². The first kappa shape index (κ1) is 9.07. The molecule has 0 bridgehead atoms. The lowest BCUT2D eigenvalue weighted by molar-refractivity contribution is 0.757. The molecule has 0 N–H and O–H groups in total. The molecule has 70 valence electrons. The van der Waals surface area contributed by atoms with Crippen molar-refractivity contribution >= 4 is 18.0 Å². The highest BCUT2D eigenvalue weighted by molar-refractivity contribution is 8.07. The van der Waals surface area contributed by atoms with Gasteiger partial charge in [-0.1, -0.05) is 6.08 Å². The quantitative estimate of drug-likeness (QED) is 0.613. The number of hydrogen-bond donors (Lipinski definition) is 0. The van der Waals surface area contributed by atoms with Crippen LogP contribution in [0, 0.1) is 0 Å². The summed E-state index contributed by atoms with van der Waals surface area (Å²) in [6.45, 7) is 4.46. The van der Waals surface area contributed by atoms with Crippen molar-refractivity contribution in [3.8, 4) is 0 Å². The summed E-state index contributed by atoms with van der Waals surface area (Å²) in [4.78, 5) is 4.38. The van der Waals surface area contributed by atoms with Crippen molar-refractivity contribution < 1.29 is 0 Å². The van der Waals surface area contributed by atoms with E-state index in [4.69, 9.17) is 0 Å². The van der Waals surface area contributed by atoms with Gasteiger partial charge in [0.25, 0.3) is 0 Å². The molecule has 0 radical (unpaired) electrons. The number of thioether (sulfide) groups is 1. The first-order chi connectivity index (χ1) is 6.20. The molecular formula is C11H15NS. The van der Waals surface area contributed by atoms with Gasteiger partial charge in [-0.2, -0.15) is 11.8 Å². The van der Waals surface area contributed by atoms with Gasteiger partial charge in [0.15, 0.2) is 0 Å². The number of allylic oxidation sites excluding steroid dienone is 4. The van der Waals surface area contributed by atoms with Crippen LogP contribution in [0.3, 0.4) is 0 Å². The van der Waals surface area contributed by atoms with Crippen LogP contribution >= 0.6 is 11.8 Å². The molecule has 0 amide bonds. The highest BCUT2D eigenvalue weighted by atomic mass is 32.2. The van der Waals surface area contributed by atoms with E-state index in [1.807, 2.05) is 12.3 Å². The van der Waals surface area contributed by atoms with Crippen LogP contribution in [0.5, 0.6) is 0 Å². The van der Waals surface area contributed by atoms with Gasteiger partial charge in [-0.05, 0) is 38.3 Å². The maximum absolute atomic E-state index is 4.38. The lowest BCUT2D eigenvalue weighted by Crippen LogP contribution is -2.04. The summed E-state index contributed by atoms with van der Waals surface area (Å²) in [6, 6.07) is 0. The molecule has 0 saturated carbocycles. The fraction of sp³-hybridized carbons (Fsp3) is 0.545. The van der Waals surface area contributed by atoms with E-state index in [9.17, 15) is 0 Å². The van der Waals surface area contributed by atoms with E-state index in [2.05, 4.69) is 36.7 Å². The molecule has 2 aliphatic heterocycles. The minimum Gasteiger partial charge on any atom is -0.262 e. The molecule has 2 heterocycles. The Bertz CT molecular complexity index is 295. The highest BCUT2D eigenvalue weighted by Crippen LogP contribution is 2.49. The van der Waals surface area contributed by atoms with Crippen molar-refractivity contribution in [3.05, 3.63) is 23.4 Å². The molecule has 2 aliphatic rings. The predicted octanol–water partition coefficient (Wildman–Crippen LogP) is 3.19. The maximum atomic E-state index is 4.38. The van der Waals surface area contributed by atoms with Gasteiger partial charge in [0.1, 0.15) is 0 Å². The average molecular weight is 193 g/mol. The Morgan fingerprint density at radius 3 is 3.08 bits per heavy atom. The van der Waals surface area contributed by atoms with E-state index in [0.29, 0.717) is 4.75 Å².